The summed E-state index contributed by atoms with van der Waals surface area (Å²) in [5.41, 5.74) is 3.73. The van der Waals surface area contributed by atoms with E-state index >= 15 is 0 Å². The van der Waals surface area contributed by atoms with E-state index in [0.717, 1.165) is 42.2 Å². The lowest BCUT2D eigenvalue weighted by Gasteiger charge is -2.35. The molecule has 2 aromatic carbocycles. The van der Waals surface area contributed by atoms with Gasteiger partial charge in [0.2, 0.25) is 10.8 Å². The summed E-state index contributed by atoms with van der Waals surface area (Å²) in [4.78, 5) is 8.51. The number of aromatic nitrogens is 3. The topological polar surface area (TPSA) is 72.1 Å². The third kappa shape index (κ3) is 3.49. The molecule has 0 radical (unpaired) electrons. The van der Waals surface area contributed by atoms with Crippen LogP contribution in [0.4, 0.5) is 0 Å². The number of ether oxygens (including phenoxy) is 2. The standard InChI is InChI=1S/C24H26N4O3S/c1-4-20-25-24-28(26-20)23(29)22(32-24)21(16-9-10-18(30-2)19(13-16)31-3)27-12-11-15-7-5-6-8-17(15)14-27/h5-10,13,21,29H,4,11-12,14H2,1-3H3/t21-/m0/s1. The van der Waals surface area contributed by atoms with E-state index in [0.29, 0.717) is 16.5 Å². The van der Waals surface area contributed by atoms with Crippen molar-refractivity contribution >= 4 is 16.3 Å². The van der Waals surface area contributed by atoms with Crippen molar-refractivity contribution in [1.29, 1.82) is 0 Å². The van der Waals surface area contributed by atoms with Gasteiger partial charge in [-0.15, -0.1) is 5.10 Å². The molecule has 32 heavy (non-hydrogen) atoms. The summed E-state index contributed by atoms with van der Waals surface area (Å²) in [7, 11) is 3.27. The van der Waals surface area contributed by atoms with Crippen molar-refractivity contribution in [3.05, 3.63) is 69.9 Å². The molecule has 1 aliphatic rings. The van der Waals surface area contributed by atoms with E-state index < -0.39 is 0 Å². The van der Waals surface area contributed by atoms with Crippen molar-refractivity contribution in [3.63, 3.8) is 0 Å². The van der Waals surface area contributed by atoms with E-state index in [4.69, 9.17) is 9.47 Å². The molecule has 0 saturated carbocycles. The first-order valence-electron chi connectivity index (χ1n) is 10.7. The maximum absolute atomic E-state index is 11.2. The molecule has 0 spiro atoms. The molecule has 1 N–H and O–H groups in total. The van der Waals surface area contributed by atoms with Gasteiger partial charge in [0, 0.05) is 19.5 Å². The van der Waals surface area contributed by atoms with Crippen LogP contribution in [0.25, 0.3) is 4.96 Å². The van der Waals surface area contributed by atoms with Gasteiger partial charge < -0.3 is 14.6 Å². The molecule has 166 valence electrons. The predicted molar refractivity (Wildman–Crippen MR) is 124 cm³/mol. The molecule has 3 heterocycles. The zero-order chi connectivity index (χ0) is 22.2. The first-order chi connectivity index (χ1) is 15.6. The summed E-state index contributed by atoms with van der Waals surface area (Å²) in [6.45, 7) is 3.68. The van der Waals surface area contributed by atoms with Crippen LogP contribution in [0.15, 0.2) is 42.5 Å². The Morgan fingerprint density at radius 3 is 2.59 bits per heavy atom. The van der Waals surface area contributed by atoms with Gasteiger partial charge in [0.05, 0.1) is 25.1 Å². The maximum Gasteiger partial charge on any atom is 0.230 e. The summed E-state index contributed by atoms with van der Waals surface area (Å²) >= 11 is 1.49. The fraction of sp³-hybridized carbons (Fsp3) is 0.333. The normalized spacial score (nSPS) is 15.0. The number of nitrogens with zero attached hydrogens (tertiary/aromatic N) is 4. The number of fused-ring (bicyclic) bond motifs is 2. The Labute approximate surface area is 190 Å². The Bertz CT molecular complexity index is 1270. The molecule has 0 amide bonds. The minimum absolute atomic E-state index is 0.149. The highest BCUT2D eigenvalue weighted by molar-refractivity contribution is 7.17. The van der Waals surface area contributed by atoms with Gasteiger partial charge >= 0.3 is 0 Å². The molecule has 7 nitrogen and oxygen atoms in total. The molecule has 4 aromatic rings. The van der Waals surface area contributed by atoms with E-state index in [2.05, 4.69) is 39.2 Å². The zero-order valence-electron chi connectivity index (χ0n) is 18.4. The second-order valence-corrected chi connectivity index (χ2v) is 8.88. The first kappa shape index (κ1) is 20.8. The van der Waals surface area contributed by atoms with Crippen LogP contribution in [0, 0.1) is 0 Å². The highest BCUT2D eigenvalue weighted by Gasteiger charge is 2.32. The quantitative estimate of drug-likeness (QED) is 0.474. The summed E-state index contributed by atoms with van der Waals surface area (Å²) in [6.07, 6.45) is 1.69. The van der Waals surface area contributed by atoms with E-state index in [1.165, 1.54) is 22.5 Å². The number of methoxy groups -OCH3 is 2. The van der Waals surface area contributed by atoms with Crippen molar-refractivity contribution in [3.8, 4) is 17.4 Å². The predicted octanol–water partition coefficient (Wildman–Crippen LogP) is 4.22. The van der Waals surface area contributed by atoms with Crippen LogP contribution < -0.4 is 9.47 Å². The van der Waals surface area contributed by atoms with E-state index in [-0.39, 0.29) is 11.9 Å². The summed E-state index contributed by atoms with van der Waals surface area (Å²) in [5.74, 6) is 2.22. The molecule has 2 aromatic heterocycles. The van der Waals surface area contributed by atoms with Crippen molar-refractivity contribution in [2.24, 2.45) is 0 Å². The third-order valence-electron chi connectivity index (χ3n) is 6.06. The largest absolute Gasteiger partial charge is 0.493 e. The van der Waals surface area contributed by atoms with Gasteiger partial charge in [-0.1, -0.05) is 48.6 Å². The van der Waals surface area contributed by atoms with Gasteiger partial charge in [0.1, 0.15) is 0 Å². The Morgan fingerprint density at radius 1 is 1.09 bits per heavy atom. The van der Waals surface area contributed by atoms with Crippen LogP contribution in [0.3, 0.4) is 0 Å². The summed E-state index contributed by atoms with van der Waals surface area (Å²) < 4.78 is 12.6. The lowest BCUT2D eigenvalue weighted by molar-refractivity contribution is 0.205. The van der Waals surface area contributed by atoms with Crippen LogP contribution in [0.1, 0.15) is 40.4 Å². The summed E-state index contributed by atoms with van der Waals surface area (Å²) in [5, 5.41) is 15.6. The fourth-order valence-electron chi connectivity index (χ4n) is 4.41. The average Bonchev–Trinajstić information content (AvgIpc) is 3.38. The van der Waals surface area contributed by atoms with Gasteiger partial charge in [-0.2, -0.15) is 4.52 Å². The lowest BCUT2D eigenvalue weighted by atomic mass is 9.95. The highest BCUT2D eigenvalue weighted by Crippen LogP contribution is 2.43. The van der Waals surface area contributed by atoms with Gasteiger partial charge in [-0.05, 0) is 35.2 Å². The molecule has 0 aliphatic carbocycles. The number of thiazole rings is 1. The zero-order valence-corrected chi connectivity index (χ0v) is 19.2. The number of benzene rings is 2. The van der Waals surface area contributed by atoms with Crippen molar-refractivity contribution in [2.75, 3.05) is 20.8 Å². The minimum Gasteiger partial charge on any atom is -0.493 e. The fourth-order valence-corrected chi connectivity index (χ4v) is 5.54. The molecule has 0 unspecified atom stereocenters. The minimum atomic E-state index is -0.165. The average molecular weight is 451 g/mol. The van der Waals surface area contributed by atoms with Gasteiger partial charge in [0.25, 0.3) is 0 Å². The number of aryl methyl sites for hydroxylation is 1. The van der Waals surface area contributed by atoms with Gasteiger partial charge in [-0.25, -0.2) is 4.98 Å². The van der Waals surface area contributed by atoms with Crippen LogP contribution >= 0.6 is 11.3 Å². The molecule has 1 aliphatic heterocycles. The summed E-state index contributed by atoms with van der Waals surface area (Å²) in [6, 6.07) is 14.4. The van der Waals surface area contributed by atoms with Crippen LogP contribution in [-0.2, 0) is 19.4 Å². The molecule has 0 bridgehead atoms. The Morgan fingerprint density at radius 2 is 1.88 bits per heavy atom. The van der Waals surface area contributed by atoms with E-state index in [1.54, 1.807) is 18.7 Å². The molecule has 0 saturated heterocycles. The smallest absolute Gasteiger partial charge is 0.230 e. The van der Waals surface area contributed by atoms with Crippen molar-refractivity contribution < 1.29 is 14.6 Å². The number of hydrogen-bond acceptors (Lipinski definition) is 7. The molecule has 8 heteroatoms. The van der Waals surface area contributed by atoms with Crippen LogP contribution in [0.2, 0.25) is 0 Å². The molecule has 0 fully saturated rings. The molecule has 1 atom stereocenters. The Hall–Kier alpha value is -3.10. The molecular formula is C24H26N4O3S. The van der Waals surface area contributed by atoms with Crippen molar-refractivity contribution in [2.45, 2.75) is 32.4 Å². The van der Waals surface area contributed by atoms with E-state index in [9.17, 15) is 5.11 Å². The number of hydrogen-bond donors (Lipinski definition) is 1. The first-order valence-corrected chi connectivity index (χ1v) is 11.5. The number of rotatable bonds is 6. The van der Waals surface area contributed by atoms with Crippen molar-refractivity contribution in [1.82, 2.24) is 19.5 Å². The van der Waals surface area contributed by atoms with Gasteiger partial charge in [-0.3, -0.25) is 4.90 Å². The maximum atomic E-state index is 11.2. The van der Waals surface area contributed by atoms with Gasteiger partial charge in [0.15, 0.2) is 17.3 Å². The monoisotopic (exact) mass is 450 g/mol. The molecule has 5 rings (SSSR count). The second kappa shape index (κ2) is 8.44. The Balaban J connectivity index is 1.63. The SMILES string of the molecule is CCc1nc2sc([C@H](c3ccc(OC)c(OC)c3)N3CCc4ccccc4C3)c(O)n2n1. The van der Waals surface area contributed by atoms with E-state index in [1.807, 2.05) is 25.1 Å². The third-order valence-corrected chi connectivity index (χ3v) is 7.13. The van der Waals surface area contributed by atoms with Crippen LogP contribution in [0.5, 0.6) is 17.4 Å². The number of aromatic hydroxyl groups is 1. The second-order valence-electron chi connectivity index (χ2n) is 7.87. The highest BCUT2D eigenvalue weighted by atomic mass is 32.1. The molecular weight excluding hydrogens is 424 g/mol. The lowest BCUT2D eigenvalue weighted by Crippen LogP contribution is -2.34. The van der Waals surface area contributed by atoms with Crippen LogP contribution in [-0.4, -0.2) is 45.4 Å². The Kier molecular flexibility index (Phi) is 5.48.